The van der Waals surface area contributed by atoms with Crippen LogP contribution in [0.4, 0.5) is 5.69 Å². The average Bonchev–Trinajstić information content (AvgIpc) is 2.60. The molecule has 0 fully saturated rings. The van der Waals surface area contributed by atoms with Crippen LogP contribution in [0.5, 0.6) is 0 Å². The van der Waals surface area contributed by atoms with Crippen LogP contribution in [-0.4, -0.2) is 25.5 Å². The quantitative estimate of drug-likeness (QED) is 0.818. The van der Waals surface area contributed by atoms with Crippen LogP contribution in [0, 0.1) is 0 Å². The Hall–Kier alpha value is -2.37. The number of benzene rings is 2. The molecule has 1 unspecified atom stereocenters. The van der Waals surface area contributed by atoms with Crippen LogP contribution in [0.3, 0.4) is 0 Å². The van der Waals surface area contributed by atoms with E-state index in [-0.39, 0.29) is 6.54 Å². The Morgan fingerprint density at radius 2 is 1.79 bits per heavy atom. The Balaban J connectivity index is 1.99. The molecule has 0 radical (unpaired) electrons. The predicted molar refractivity (Wildman–Crippen MR) is 93.9 cm³/mol. The van der Waals surface area contributed by atoms with E-state index >= 15 is 0 Å². The summed E-state index contributed by atoms with van der Waals surface area (Å²) in [6.07, 6.45) is 0. The van der Waals surface area contributed by atoms with E-state index in [2.05, 4.69) is 10.6 Å². The van der Waals surface area contributed by atoms with Gasteiger partial charge < -0.3 is 15.4 Å². The predicted octanol–water partition coefficient (Wildman–Crippen LogP) is 2.96. The van der Waals surface area contributed by atoms with Crippen molar-refractivity contribution in [3.63, 3.8) is 0 Å². The smallest absolute Gasteiger partial charge is 0.313 e. The number of rotatable bonds is 5. The normalized spacial score (nSPS) is 13.0. The minimum Gasteiger partial charge on any atom is -0.372 e. The van der Waals surface area contributed by atoms with Crippen LogP contribution in [0.25, 0.3) is 0 Å². The van der Waals surface area contributed by atoms with E-state index in [4.69, 9.17) is 16.3 Å². The molecule has 24 heavy (non-hydrogen) atoms. The number of nitrogens with one attached hydrogen (secondary N) is 2. The number of ether oxygens (including phenoxy) is 1. The third-order valence-electron chi connectivity index (χ3n) is 3.71. The van der Waals surface area contributed by atoms with Crippen molar-refractivity contribution in [3.05, 3.63) is 65.2 Å². The minimum absolute atomic E-state index is 0.130. The Morgan fingerprint density at radius 3 is 2.42 bits per heavy atom. The highest BCUT2D eigenvalue weighted by molar-refractivity contribution is 6.39. The third-order valence-corrected chi connectivity index (χ3v) is 3.95. The average molecular weight is 347 g/mol. The topological polar surface area (TPSA) is 67.4 Å². The summed E-state index contributed by atoms with van der Waals surface area (Å²) in [4.78, 5) is 23.9. The molecule has 2 aromatic carbocycles. The van der Waals surface area contributed by atoms with Crippen molar-refractivity contribution < 1.29 is 14.3 Å². The molecule has 0 aromatic heterocycles. The molecule has 2 N–H and O–H groups in total. The maximum Gasteiger partial charge on any atom is 0.313 e. The van der Waals surface area contributed by atoms with Gasteiger partial charge in [0.15, 0.2) is 0 Å². The maximum atomic E-state index is 12.0. The maximum absolute atomic E-state index is 12.0. The SMILES string of the molecule is COC(C)(CNC(=O)C(=O)Nc1ccccc1)c1cccc(Cl)c1. The van der Waals surface area contributed by atoms with E-state index < -0.39 is 17.4 Å². The molecular formula is C18H19ClN2O3. The van der Waals surface area contributed by atoms with Crippen molar-refractivity contribution in [2.24, 2.45) is 0 Å². The van der Waals surface area contributed by atoms with Gasteiger partial charge in [0.25, 0.3) is 0 Å². The summed E-state index contributed by atoms with van der Waals surface area (Å²) in [7, 11) is 1.54. The fourth-order valence-corrected chi connectivity index (χ4v) is 2.34. The Kier molecular flexibility index (Phi) is 5.95. The van der Waals surface area contributed by atoms with Crippen molar-refractivity contribution in [1.82, 2.24) is 5.32 Å². The van der Waals surface area contributed by atoms with E-state index in [1.807, 2.05) is 19.1 Å². The summed E-state index contributed by atoms with van der Waals surface area (Å²) >= 11 is 6.00. The van der Waals surface area contributed by atoms with Crippen molar-refractivity contribution in [2.45, 2.75) is 12.5 Å². The Bertz CT molecular complexity index is 721. The lowest BCUT2D eigenvalue weighted by atomic mass is 9.95. The van der Waals surface area contributed by atoms with Gasteiger partial charge in [0, 0.05) is 17.8 Å². The second-order valence-electron chi connectivity index (χ2n) is 5.45. The van der Waals surface area contributed by atoms with Crippen LogP contribution in [0.15, 0.2) is 54.6 Å². The van der Waals surface area contributed by atoms with E-state index in [1.165, 1.54) is 7.11 Å². The van der Waals surface area contributed by atoms with Gasteiger partial charge in [-0.15, -0.1) is 0 Å². The molecule has 0 saturated carbocycles. The zero-order chi connectivity index (χ0) is 17.6. The molecule has 0 aliphatic heterocycles. The molecule has 0 spiro atoms. The van der Waals surface area contributed by atoms with Gasteiger partial charge in [0.2, 0.25) is 0 Å². The minimum atomic E-state index is -0.798. The highest BCUT2D eigenvalue weighted by Crippen LogP contribution is 2.26. The van der Waals surface area contributed by atoms with Gasteiger partial charge in [-0.25, -0.2) is 0 Å². The van der Waals surface area contributed by atoms with Crippen LogP contribution >= 0.6 is 11.6 Å². The lowest BCUT2D eigenvalue weighted by Gasteiger charge is -2.29. The molecule has 0 aliphatic rings. The van der Waals surface area contributed by atoms with E-state index in [9.17, 15) is 9.59 Å². The third kappa shape index (κ3) is 4.57. The molecule has 5 nitrogen and oxygen atoms in total. The first-order valence-corrected chi connectivity index (χ1v) is 7.78. The molecule has 0 aliphatic carbocycles. The number of halogens is 1. The molecule has 0 heterocycles. The van der Waals surface area contributed by atoms with Gasteiger partial charge in [0.05, 0.1) is 6.54 Å². The molecule has 6 heteroatoms. The highest BCUT2D eigenvalue weighted by Gasteiger charge is 2.28. The summed E-state index contributed by atoms with van der Waals surface area (Å²) in [6.45, 7) is 1.94. The van der Waals surface area contributed by atoms with E-state index in [0.717, 1.165) is 5.56 Å². The van der Waals surface area contributed by atoms with Gasteiger partial charge in [-0.1, -0.05) is 41.9 Å². The molecule has 2 amide bonds. The van der Waals surface area contributed by atoms with Crippen molar-refractivity contribution in [1.29, 1.82) is 0 Å². The molecule has 2 aromatic rings. The van der Waals surface area contributed by atoms with Crippen LogP contribution in [-0.2, 0) is 19.9 Å². The molecule has 0 bridgehead atoms. The second-order valence-corrected chi connectivity index (χ2v) is 5.88. The van der Waals surface area contributed by atoms with Gasteiger partial charge in [-0.3, -0.25) is 9.59 Å². The summed E-state index contributed by atoms with van der Waals surface area (Å²) < 4.78 is 5.52. The van der Waals surface area contributed by atoms with Gasteiger partial charge >= 0.3 is 11.8 Å². The number of anilines is 1. The lowest BCUT2D eigenvalue weighted by molar-refractivity contribution is -0.137. The number of amides is 2. The highest BCUT2D eigenvalue weighted by atomic mass is 35.5. The summed E-state index contributed by atoms with van der Waals surface area (Å²) in [6, 6.07) is 16.0. The summed E-state index contributed by atoms with van der Waals surface area (Å²) in [5, 5.41) is 5.70. The number of hydrogen-bond donors (Lipinski definition) is 2. The lowest BCUT2D eigenvalue weighted by Crippen LogP contribution is -2.44. The molecule has 126 valence electrons. The first-order chi connectivity index (χ1) is 11.4. The standard InChI is InChI=1S/C18H19ClN2O3/c1-18(24-2,13-7-6-8-14(19)11-13)12-20-16(22)17(23)21-15-9-4-3-5-10-15/h3-11H,12H2,1-2H3,(H,20,22)(H,21,23). The summed E-state index contributed by atoms with van der Waals surface area (Å²) in [5.74, 6) is -1.46. The first-order valence-electron chi connectivity index (χ1n) is 7.40. The largest absolute Gasteiger partial charge is 0.372 e. The van der Waals surface area contributed by atoms with Crippen LogP contribution in [0.1, 0.15) is 12.5 Å². The van der Waals surface area contributed by atoms with Crippen molar-refractivity contribution in [3.8, 4) is 0 Å². The number of carbonyl (C=O) groups excluding carboxylic acids is 2. The van der Waals surface area contributed by atoms with Gasteiger partial charge in [-0.05, 0) is 36.8 Å². The van der Waals surface area contributed by atoms with Crippen LogP contribution in [0.2, 0.25) is 5.02 Å². The van der Waals surface area contributed by atoms with Gasteiger partial charge in [-0.2, -0.15) is 0 Å². The zero-order valence-corrected chi connectivity index (χ0v) is 14.3. The molecular weight excluding hydrogens is 328 g/mol. The molecule has 2 rings (SSSR count). The van der Waals surface area contributed by atoms with Gasteiger partial charge in [0.1, 0.15) is 5.60 Å². The number of carbonyl (C=O) groups is 2. The fourth-order valence-electron chi connectivity index (χ4n) is 2.15. The first kappa shape index (κ1) is 18.0. The monoisotopic (exact) mass is 346 g/mol. The number of methoxy groups -OCH3 is 1. The summed E-state index contributed by atoms with van der Waals surface area (Å²) in [5.41, 5.74) is 0.566. The van der Waals surface area contributed by atoms with Crippen LogP contribution < -0.4 is 10.6 Å². The van der Waals surface area contributed by atoms with E-state index in [0.29, 0.717) is 10.7 Å². The fraction of sp³-hybridized carbons (Fsp3) is 0.222. The second kappa shape index (κ2) is 7.95. The Labute approximate surface area is 146 Å². The zero-order valence-electron chi connectivity index (χ0n) is 13.5. The Morgan fingerprint density at radius 1 is 1.08 bits per heavy atom. The van der Waals surface area contributed by atoms with Crippen molar-refractivity contribution >= 4 is 29.1 Å². The van der Waals surface area contributed by atoms with Crippen molar-refractivity contribution in [2.75, 3.05) is 19.0 Å². The molecule has 0 saturated heterocycles. The van der Waals surface area contributed by atoms with E-state index in [1.54, 1.807) is 42.5 Å². The number of para-hydroxylation sites is 1. The number of hydrogen-bond acceptors (Lipinski definition) is 3. The molecule has 1 atom stereocenters.